The molecule has 1 saturated carbocycles. The minimum absolute atomic E-state index is 0.0137. The number of benzene rings is 3. The molecule has 0 heterocycles. The average molecular weight is 578 g/mol. The van der Waals surface area contributed by atoms with Crippen LogP contribution >= 0.6 is 0 Å². The molecule has 0 amide bonds. The maximum atomic E-state index is 14.9. The fourth-order valence-electron chi connectivity index (χ4n) is 3.91. The van der Waals surface area contributed by atoms with Crippen molar-refractivity contribution in [3.63, 3.8) is 0 Å². The van der Waals surface area contributed by atoms with Gasteiger partial charge in [-0.25, -0.2) is 65.9 Å². The lowest BCUT2D eigenvalue weighted by molar-refractivity contribution is 0.376. The van der Waals surface area contributed by atoms with Gasteiger partial charge in [0.1, 0.15) is 0 Å². The van der Waals surface area contributed by atoms with Crippen molar-refractivity contribution in [1.29, 1.82) is 0 Å². The van der Waals surface area contributed by atoms with Crippen LogP contribution in [-0.4, -0.2) is 6.71 Å². The summed E-state index contributed by atoms with van der Waals surface area (Å²) < 4.78 is 215. The van der Waals surface area contributed by atoms with E-state index in [-0.39, 0.29) is 12.8 Å². The zero-order valence-corrected chi connectivity index (χ0v) is 18.3. The van der Waals surface area contributed by atoms with Gasteiger partial charge in [0.2, 0.25) is 5.82 Å². The van der Waals surface area contributed by atoms with Gasteiger partial charge in [0, 0.05) is 16.5 Å². The predicted molar refractivity (Wildman–Crippen MR) is 104 cm³/mol. The Morgan fingerprint density at radius 3 is 0.949 bits per heavy atom. The number of allylic oxidation sites excluding steroid dienone is 1. The molecule has 0 radical (unpaired) electrons. The van der Waals surface area contributed by atoms with Crippen LogP contribution in [-0.2, 0) is 0 Å². The first-order valence-corrected chi connectivity index (χ1v) is 10.4. The first-order chi connectivity index (χ1) is 18.1. The summed E-state index contributed by atoms with van der Waals surface area (Å²) in [7, 11) is 0. The maximum absolute atomic E-state index is 14.9. The fraction of sp³-hybridized carbons (Fsp3) is 0.130. The molecule has 39 heavy (non-hydrogen) atoms. The summed E-state index contributed by atoms with van der Waals surface area (Å²) in [6, 6.07) is 0. The van der Waals surface area contributed by atoms with Gasteiger partial charge in [-0.2, -0.15) is 0 Å². The third kappa shape index (κ3) is 4.33. The van der Waals surface area contributed by atoms with Crippen LogP contribution in [0.25, 0.3) is 5.47 Å². The number of hydrogen-bond donors (Lipinski definition) is 0. The third-order valence-electron chi connectivity index (χ3n) is 5.91. The van der Waals surface area contributed by atoms with E-state index in [4.69, 9.17) is 0 Å². The van der Waals surface area contributed by atoms with Crippen LogP contribution in [0.3, 0.4) is 0 Å². The van der Waals surface area contributed by atoms with Gasteiger partial charge in [0.05, 0.1) is 0 Å². The van der Waals surface area contributed by atoms with Gasteiger partial charge >= 0.3 is 0 Å². The number of halogens is 15. The molecule has 0 N–H and O–H groups in total. The highest BCUT2D eigenvalue weighted by Gasteiger charge is 2.44. The zero-order valence-electron chi connectivity index (χ0n) is 18.3. The number of rotatable bonds is 5. The standard InChI is InChI=1S/C23H6BF15/c25-9-6(10(26)16(32)21(37)15(9)31)5(3-4-1-2-4)24(7-11(27)17(33)22(38)18(34)12(7)28)8-13(29)19(35)23(39)20(36)14(8)30/h3-4H,1-2H2/b5-3-. The summed E-state index contributed by atoms with van der Waals surface area (Å²) in [4.78, 5) is 0. The summed E-state index contributed by atoms with van der Waals surface area (Å²) in [5.74, 6) is -43.6. The Labute approximate surface area is 207 Å². The summed E-state index contributed by atoms with van der Waals surface area (Å²) in [5, 5.41) is 0. The van der Waals surface area contributed by atoms with Crippen LogP contribution in [0.4, 0.5) is 65.9 Å². The van der Waals surface area contributed by atoms with Gasteiger partial charge in [0.25, 0.3) is 6.71 Å². The molecular formula is C23H6BF15. The molecule has 3 aromatic carbocycles. The van der Waals surface area contributed by atoms with Gasteiger partial charge in [-0.15, -0.1) is 0 Å². The van der Waals surface area contributed by atoms with Crippen molar-refractivity contribution < 1.29 is 65.9 Å². The second kappa shape index (κ2) is 9.86. The lowest BCUT2D eigenvalue weighted by Crippen LogP contribution is -2.52. The Kier molecular flexibility index (Phi) is 7.19. The highest BCUT2D eigenvalue weighted by atomic mass is 19.2. The van der Waals surface area contributed by atoms with E-state index < -0.39 is 122 Å². The predicted octanol–water partition coefficient (Wildman–Crippen LogP) is 6.41. The molecule has 0 nitrogen and oxygen atoms in total. The maximum Gasteiger partial charge on any atom is 0.257 e. The van der Waals surface area contributed by atoms with E-state index in [2.05, 4.69) is 0 Å². The Morgan fingerprint density at radius 2 is 0.667 bits per heavy atom. The third-order valence-corrected chi connectivity index (χ3v) is 5.91. The van der Waals surface area contributed by atoms with E-state index in [0.29, 0.717) is 6.08 Å². The van der Waals surface area contributed by atoms with Gasteiger partial charge in [-0.3, -0.25) is 0 Å². The molecule has 3 aromatic rings. The molecule has 0 unspecified atom stereocenters. The lowest BCUT2D eigenvalue weighted by Gasteiger charge is -2.23. The quantitative estimate of drug-likeness (QED) is 0.142. The Hall–Kier alpha value is -3.59. The van der Waals surface area contributed by atoms with Gasteiger partial charge in [-0.1, -0.05) is 11.5 Å². The Balaban J connectivity index is 2.27. The minimum Gasteiger partial charge on any atom is -0.204 e. The molecule has 0 bridgehead atoms. The largest absolute Gasteiger partial charge is 0.257 e. The van der Waals surface area contributed by atoms with Crippen molar-refractivity contribution in [1.82, 2.24) is 0 Å². The molecule has 1 aliphatic rings. The Bertz CT molecular complexity index is 1420. The highest BCUT2D eigenvalue weighted by molar-refractivity contribution is 6.99. The smallest absolute Gasteiger partial charge is 0.204 e. The lowest BCUT2D eigenvalue weighted by atomic mass is 9.34. The molecule has 0 saturated heterocycles. The van der Waals surface area contributed by atoms with Crippen LogP contribution in [0.5, 0.6) is 0 Å². The average Bonchev–Trinajstić information content (AvgIpc) is 3.73. The van der Waals surface area contributed by atoms with Crippen LogP contribution in [0.1, 0.15) is 18.4 Å². The van der Waals surface area contributed by atoms with Gasteiger partial charge in [0.15, 0.2) is 81.4 Å². The molecule has 0 atom stereocenters. The van der Waals surface area contributed by atoms with Crippen molar-refractivity contribution >= 4 is 23.1 Å². The molecule has 1 aliphatic carbocycles. The van der Waals surface area contributed by atoms with Crippen molar-refractivity contribution in [2.24, 2.45) is 5.92 Å². The first kappa shape index (κ1) is 28.4. The molecule has 0 spiro atoms. The second-order valence-corrected chi connectivity index (χ2v) is 8.30. The normalized spacial score (nSPS) is 13.9. The molecular weight excluding hydrogens is 572 g/mol. The second-order valence-electron chi connectivity index (χ2n) is 8.30. The zero-order chi connectivity index (χ0) is 29.2. The van der Waals surface area contributed by atoms with Gasteiger partial charge < -0.3 is 0 Å². The Morgan fingerprint density at radius 1 is 0.410 bits per heavy atom. The van der Waals surface area contributed by atoms with E-state index in [1.54, 1.807) is 0 Å². The van der Waals surface area contributed by atoms with E-state index in [9.17, 15) is 65.9 Å². The molecule has 4 rings (SSSR count). The van der Waals surface area contributed by atoms with Crippen molar-refractivity contribution in [2.75, 3.05) is 0 Å². The topological polar surface area (TPSA) is 0 Å². The first-order valence-electron chi connectivity index (χ1n) is 10.4. The van der Waals surface area contributed by atoms with Crippen molar-refractivity contribution in [3.8, 4) is 0 Å². The van der Waals surface area contributed by atoms with Crippen molar-refractivity contribution in [2.45, 2.75) is 12.8 Å². The fourth-order valence-corrected chi connectivity index (χ4v) is 3.91. The SMILES string of the molecule is Fc1c(F)c(F)c(B(/C(=C\C2CC2)c2c(F)c(F)c(F)c(F)c2F)c2c(F)c(F)c(F)c(F)c2F)c(F)c1F. The van der Waals surface area contributed by atoms with E-state index >= 15 is 0 Å². The van der Waals surface area contributed by atoms with Crippen LogP contribution in [0.2, 0.25) is 0 Å². The summed E-state index contributed by atoms with van der Waals surface area (Å²) >= 11 is 0. The van der Waals surface area contributed by atoms with E-state index in [1.807, 2.05) is 0 Å². The summed E-state index contributed by atoms with van der Waals surface area (Å²) in [6.45, 7) is -3.52. The monoisotopic (exact) mass is 578 g/mol. The minimum atomic E-state index is -3.52. The molecule has 1 fully saturated rings. The van der Waals surface area contributed by atoms with Crippen LogP contribution in [0, 0.1) is 93.2 Å². The van der Waals surface area contributed by atoms with E-state index in [1.165, 1.54) is 0 Å². The molecule has 0 aromatic heterocycles. The van der Waals surface area contributed by atoms with Crippen LogP contribution < -0.4 is 10.9 Å². The van der Waals surface area contributed by atoms with Crippen molar-refractivity contribution in [3.05, 3.63) is 98.9 Å². The summed E-state index contributed by atoms with van der Waals surface area (Å²) in [6.07, 6.45) is 0.443. The highest BCUT2D eigenvalue weighted by Crippen LogP contribution is 2.38. The van der Waals surface area contributed by atoms with Gasteiger partial charge in [-0.05, 0) is 18.8 Å². The van der Waals surface area contributed by atoms with E-state index in [0.717, 1.165) is 0 Å². The summed E-state index contributed by atoms with van der Waals surface area (Å²) in [5.41, 5.74) is -8.69. The number of hydrogen-bond acceptors (Lipinski definition) is 0. The van der Waals surface area contributed by atoms with Crippen LogP contribution in [0.15, 0.2) is 6.08 Å². The molecule has 206 valence electrons. The molecule has 0 aliphatic heterocycles. The molecule has 16 heteroatoms.